The third kappa shape index (κ3) is 3.74. The van der Waals surface area contributed by atoms with E-state index in [1.54, 1.807) is 14.2 Å². The van der Waals surface area contributed by atoms with E-state index in [0.29, 0.717) is 22.8 Å². The fraction of sp³-hybridized carbons (Fsp3) is 0.318. The van der Waals surface area contributed by atoms with Crippen LogP contribution in [0, 0.1) is 0 Å². The molecule has 0 atom stereocenters. The molecule has 0 saturated heterocycles. The monoisotopic (exact) mass is 429 g/mol. The summed E-state index contributed by atoms with van der Waals surface area (Å²) in [4.78, 5) is 15.3. The number of benzene rings is 2. The lowest BCUT2D eigenvalue weighted by Crippen LogP contribution is -2.43. The largest absolute Gasteiger partial charge is 0.493 e. The highest BCUT2D eigenvalue weighted by atomic mass is 79.9. The molecule has 142 valence electrons. The molecule has 0 N–H and O–H groups in total. The SMILES string of the molecule is COc1cc2c(cc1OC)CC(C)(C)N(C)C(C(=O)c1ccc(Br)cc1)=C2. The molecule has 0 aliphatic carbocycles. The Labute approximate surface area is 168 Å². The fourth-order valence-corrected chi connectivity index (χ4v) is 3.61. The summed E-state index contributed by atoms with van der Waals surface area (Å²) in [5.41, 5.74) is 3.19. The minimum Gasteiger partial charge on any atom is -0.493 e. The first-order valence-corrected chi connectivity index (χ1v) is 9.57. The number of nitrogens with zero attached hydrogens (tertiary/aromatic N) is 1. The number of hydrogen-bond acceptors (Lipinski definition) is 4. The van der Waals surface area contributed by atoms with Gasteiger partial charge in [-0.05, 0) is 73.9 Å². The topological polar surface area (TPSA) is 38.8 Å². The van der Waals surface area contributed by atoms with Crippen molar-refractivity contribution in [3.63, 3.8) is 0 Å². The average molecular weight is 430 g/mol. The van der Waals surface area contributed by atoms with Crippen LogP contribution >= 0.6 is 15.9 Å². The quantitative estimate of drug-likeness (QED) is 0.643. The van der Waals surface area contributed by atoms with E-state index < -0.39 is 0 Å². The predicted molar refractivity (Wildman–Crippen MR) is 112 cm³/mol. The van der Waals surface area contributed by atoms with Gasteiger partial charge in [0.25, 0.3) is 0 Å². The number of likely N-dealkylation sites (N-methyl/N-ethyl adjacent to an activating group) is 1. The fourth-order valence-electron chi connectivity index (χ4n) is 3.35. The number of Topliss-reactive ketones (excluding diaryl/α,β-unsaturated/α-hetero) is 1. The van der Waals surface area contributed by atoms with E-state index in [1.807, 2.05) is 49.5 Å². The van der Waals surface area contributed by atoms with Gasteiger partial charge in [-0.3, -0.25) is 4.79 Å². The van der Waals surface area contributed by atoms with Gasteiger partial charge >= 0.3 is 0 Å². The van der Waals surface area contributed by atoms with Crippen LogP contribution in [0.4, 0.5) is 0 Å². The Morgan fingerprint density at radius 1 is 1.07 bits per heavy atom. The van der Waals surface area contributed by atoms with Gasteiger partial charge in [0, 0.05) is 22.6 Å². The third-order valence-electron chi connectivity index (χ3n) is 5.17. The Kier molecular flexibility index (Phi) is 5.33. The molecule has 0 aromatic heterocycles. The predicted octanol–water partition coefficient (Wildman–Crippen LogP) is 4.96. The number of ether oxygens (including phenoxy) is 2. The molecule has 0 saturated carbocycles. The summed E-state index contributed by atoms with van der Waals surface area (Å²) in [6.45, 7) is 4.28. The van der Waals surface area contributed by atoms with Crippen molar-refractivity contribution in [2.45, 2.75) is 25.8 Å². The second-order valence-corrected chi connectivity index (χ2v) is 8.24. The molecule has 0 fully saturated rings. The van der Waals surface area contributed by atoms with Crippen LogP contribution in [0.2, 0.25) is 0 Å². The second-order valence-electron chi connectivity index (χ2n) is 7.32. The minimum atomic E-state index is -0.234. The van der Waals surface area contributed by atoms with Crippen LogP contribution in [-0.2, 0) is 6.42 Å². The summed E-state index contributed by atoms with van der Waals surface area (Å²) in [5, 5.41) is 0. The van der Waals surface area contributed by atoms with Gasteiger partial charge < -0.3 is 14.4 Å². The normalized spacial score (nSPS) is 15.5. The highest BCUT2D eigenvalue weighted by Crippen LogP contribution is 2.37. The van der Waals surface area contributed by atoms with E-state index >= 15 is 0 Å². The zero-order valence-electron chi connectivity index (χ0n) is 16.3. The lowest BCUT2D eigenvalue weighted by Gasteiger charge is -2.37. The van der Waals surface area contributed by atoms with E-state index in [0.717, 1.165) is 22.0 Å². The molecule has 0 spiro atoms. The molecule has 0 radical (unpaired) electrons. The highest BCUT2D eigenvalue weighted by molar-refractivity contribution is 9.10. The number of ketones is 1. The average Bonchev–Trinajstić information content (AvgIpc) is 2.74. The number of carbonyl (C=O) groups excluding carboxylic acids is 1. The smallest absolute Gasteiger partial charge is 0.209 e. The van der Waals surface area contributed by atoms with Crippen molar-refractivity contribution in [3.05, 3.63) is 63.3 Å². The minimum absolute atomic E-state index is 0.000657. The van der Waals surface area contributed by atoms with Gasteiger partial charge in [0.15, 0.2) is 11.5 Å². The molecule has 0 amide bonds. The molecule has 1 aliphatic heterocycles. The number of methoxy groups -OCH3 is 2. The molecule has 1 heterocycles. The Morgan fingerprint density at radius 3 is 2.26 bits per heavy atom. The van der Waals surface area contributed by atoms with Gasteiger partial charge in [-0.25, -0.2) is 0 Å². The number of rotatable bonds is 4. The number of fused-ring (bicyclic) bond motifs is 1. The van der Waals surface area contributed by atoms with Gasteiger partial charge in [-0.1, -0.05) is 15.9 Å². The molecule has 0 bridgehead atoms. The maximum Gasteiger partial charge on any atom is 0.209 e. The molecule has 27 heavy (non-hydrogen) atoms. The van der Waals surface area contributed by atoms with Crippen LogP contribution in [0.5, 0.6) is 11.5 Å². The van der Waals surface area contributed by atoms with E-state index in [1.165, 1.54) is 0 Å². The van der Waals surface area contributed by atoms with E-state index in [9.17, 15) is 4.79 Å². The first-order chi connectivity index (χ1) is 12.8. The Hall–Kier alpha value is -2.27. The number of halogens is 1. The van der Waals surface area contributed by atoms with E-state index in [4.69, 9.17) is 9.47 Å². The number of carbonyl (C=O) groups is 1. The number of allylic oxidation sites excluding steroid dienone is 1. The standard InChI is InChI=1S/C22H24BrNO3/c1-22(2)13-16-12-20(27-5)19(26-4)11-15(16)10-18(24(22)3)21(25)14-6-8-17(23)9-7-14/h6-12H,13H2,1-5H3. The van der Waals surface area contributed by atoms with E-state index in [-0.39, 0.29) is 11.3 Å². The lowest BCUT2D eigenvalue weighted by atomic mass is 9.92. The van der Waals surface area contributed by atoms with Crippen molar-refractivity contribution >= 4 is 27.8 Å². The molecule has 2 aromatic rings. The van der Waals surface area contributed by atoms with Gasteiger partial charge in [0.2, 0.25) is 5.78 Å². The van der Waals surface area contributed by atoms with E-state index in [2.05, 4.69) is 34.7 Å². The highest BCUT2D eigenvalue weighted by Gasteiger charge is 2.33. The molecule has 5 heteroatoms. The molecule has 1 aliphatic rings. The second kappa shape index (κ2) is 7.39. The summed E-state index contributed by atoms with van der Waals surface area (Å²) < 4.78 is 11.9. The molecule has 3 rings (SSSR count). The Balaban J connectivity index is 2.15. The van der Waals surface area contributed by atoms with Crippen LogP contribution in [-0.4, -0.2) is 37.5 Å². The molecular weight excluding hydrogens is 406 g/mol. The summed E-state index contributed by atoms with van der Waals surface area (Å²) in [6.07, 6.45) is 2.74. The number of hydrogen-bond donors (Lipinski definition) is 0. The van der Waals surface area contributed by atoms with Gasteiger partial charge in [-0.2, -0.15) is 0 Å². The molecule has 2 aromatic carbocycles. The summed E-state index contributed by atoms with van der Waals surface area (Å²) in [7, 11) is 5.23. The Bertz CT molecular complexity index is 901. The summed E-state index contributed by atoms with van der Waals surface area (Å²) in [6, 6.07) is 11.4. The molecular formula is C22H24BrNO3. The Morgan fingerprint density at radius 2 is 1.67 bits per heavy atom. The molecule has 0 unspecified atom stereocenters. The molecule has 4 nitrogen and oxygen atoms in total. The van der Waals surface area contributed by atoms with Crippen LogP contribution < -0.4 is 9.47 Å². The zero-order valence-corrected chi connectivity index (χ0v) is 17.9. The van der Waals surface area contributed by atoms with Crippen molar-refractivity contribution in [2.75, 3.05) is 21.3 Å². The summed E-state index contributed by atoms with van der Waals surface area (Å²) >= 11 is 3.42. The zero-order chi connectivity index (χ0) is 19.8. The third-order valence-corrected chi connectivity index (χ3v) is 5.70. The van der Waals surface area contributed by atoms with Crippen LogP contribution in [0.1, 0.15) is 35.3 Å². The van der Waals surface area contributed by atoms with Crippen molar-refractivity contribution in [1.82, 2.24) is 4.90 Å². The van der Waals surface area contributed by atoms with Crippen LogP contribution in [0.15, 0.2) is 46.6 Å². The van der Waals surface area contributed by atoms with Crippen LogP contribution in [0.3, 0.4) is 0 Å². The maximum absolute atomic E-state index is 13.3. The van der Waals surface area contributed by atoms with Crippen molar-refractivity contribution in [2.24, 2.45) is 0 Å². The van der Waals surface area contributed by atoms with Crippen LogP contribution in [0.25, 0.3) is 6.08 Å². The summed E-state index contributed by atoms with van der Waals surface area (Å²) in [5.74, 6) is 1.36. The lowest BCUT2D eigenvalue weighted by molar-refractivity contribution is 0.0958. The van der Waals surface area contributed by atoms with Crippen molar-refractivity contribution in [1.29, 1.82) is 0 Å². The van der Waals surface area contributed by atoms with Gasteiger partial charge in [-0.15, -0.1) is 0 Å². The van der Waals surface area contributed by atoms with Gasteiger partial charge in [0.1, 0.15) is 0 Å². The van der Waals surface area contributed by atoms with Gasteiger partial charge in [0.05, 0.1) is 19.9 Å². The van der Waals surface area contributed by atoms with Crippen molar-refractivity contribution in [3.8, 4) is 11.5 Å². The first kappa shape index (κ1) is 19.5. The van der Waals surface area contributed by atoms with Crippen molar-refractivity contribution < 1.29 is 14.3 Å². The maximum atomic E-state index is 13.3. The first-order valence-electron chi connectivity index (χ1n) is 8.77.